The summed E-state index contributed by atoms with van der Waals surface area (Å²) >= 11 is 1.26. The summed E-state index contributed by atoms with van der Waals surface area (Å²) in [6, 6.07) is 0. The number of rotatable bonds is 2. The molecule has 0 aromatic carbocycles. The zero-order valence-corrected chi connectivity index (χ0v) is 7.23. The second-order valence-corrected chi connectivity index (χ2v) is 3.26. The van der Waals surface area contributed by atoms with Crippen molar-refractivity contribution < 1.29 is 9.90 Å². The molecule has 1 N–H and O–H groups in total. The molecule has 0 atom stereocenters. The van der Waals surface area contributed by atoms with Gasteiger partial charge >= 0.3 is 5.97 Å². The molecular weight excluding hydrogens is 161 g/mol. The van der Waals surface area contributed by atoms with Crippen molar-refractivity contribution in [3.05, 3.63) is 9.88 Å². The van der Waals surface area contributed by atoms with Gasteiger partial charge < -0.3 is 5.11 Å². The van der Waals surface area contributed by atoms with E-state index >= 15 is 0 Å². The summed E-state index contributed by atoms with van der Waals surface area (Å²) in [6.07, 6.45) is 0.804. The van der Waals surface area contributed by atoms with E-state index in [-0.39, 0.29) is 0 Å². The minimum Gasteiger partial charge on any atom is -0.477 e. The summed E-state index contributed by atoms with van der Waals surface area (Å²) in [6.45, 7) is 1.96. The molecule has 5 heteroatoms. The Morgan fingerprint density at radius 1 is 1.82 bits per heavy atom. The molecule has 1 rings (SSSR count). The minimum absolute atomic E-state index is 0.363. The van der Waals surface area contributed by atoms with Crippen molar-refractivity contribution in [2.75, 3.05) is 0 Å². The first-order chi connectivity index (χ1) is 5.15. The molecular formula is C6H8BNO2S. The quantitative estimate of drug-likeness (QED) is 0.616. The van der Waals surface area contributed by atoms with Crippen LogP contribution in [0.25, 0.3) is 0 Å². The van der Waals surface area contributed by atoms with Gasteiger partial charge in [0.2, 0.25) is 0 Å². The van der Waals surface area contributed by atoms with Gasteiger partial charge in [0.15, 0.2) is 7.85 Å². The molecule has 1 aromatic heterocycles. The molecule has 58 valence electrons. The highest BCUT2D eigenvalue weighted by molar-refractivity contribution is 7.14. The fourth-order valence-electron chi connectivity index (χ4n) is 0.802. The molecule has 11 heavy (non-hydrogen) atoms. The van der Waals surface area contributed by atoms with Crippen LogP contribution in [-0.4, -0.2) is 23.9 Å². The van der Waals surface area contributed by atoms with Crippen molar-refractivity contribution in [1.82, 2.24) is 4.98 Å². The summed E-state index contributed by atoms with van der Waals surface area (Å²) in [4.78, 5) is 15.0. The predicted molar refractivity (Wildman–Crippen MR) is 46.6 cm³/mol. The first kappa shape index (κ1) is 8.26. The molecule has 0 radical (unpaired) electrons. The number of carboxylic acid groups (broad SMARTS) is 1. The van der Waals surface area contributed by atoms with Gasteiger partial charge in [0.05, 0.1) is 5.01 Å². The van der Waals surface area contributed by atoms with Gasteiger partial charge in [-0.15, -0.1) is 11.3 Å². The van der Waals surface area contributed by atoms with Gasteiger partial charge in [0, 0.05) is 5.59 Å². The molecule has 1 aromatic rings. The summed E-state index contributed by atoms with van der Waals surface area (Å²) in [5, 5.41) is 9.53. The molecule has 0 amide bonds. The lowest BCUT2D eigenvalue weighted by Gasteiger charge is -1.84. The van der Waals surface area contributed by atoms with Crippen molar-refractivity contribution >= 4 is 30.7 Å². The van der Waals surface area contributed by atoms with Crippen molar-refractivity contribution in [2.24, 2.45) is 0 Å². The van der Waals surface area contributed by atoms with Crippen LogP contribution in [0.5, 0.6) is 0 Å². The van der Waals surface area contributed by atoms with Crippen LogP contribution in [0, 0.1) is 0 Å². The Balaban J connectivity index is 3.07. The third-order valence-electron chi connectivity index (χ3n) is 1.34. The average molecular weight is 169 g/mol. The molecule has 0 fully saturated rings. The van der Waals surface area contributed by atoms with Crippen molar-refractivity contribution in [2.45, 2.75) is 13.3 Å². The lowest BCUT2D eigenvalue weighted by molar-refractivity contribution is 0.0703. The van der Waals surface area contributed by atoms with Crippen LogP contribution in [0.2, 0.25) is 0 Å². The van der Waals surface area contributed by atoms with E-state index in [2.05, 4.69) is 4.98 Å². The second kappa shape index (κ2) is 3.05. The van der Waals surface area contributed by atoms with Crippen molar-refractivity contribution in [3.63, 3.8) is 0 Å². The highest BCUT2D eigenvalue weighted by Crippen LogP contribution is 2.10. The fourth-order valence-corrected chi connectivity index (χ4v) is 1.65. The van der Waals surface area contributed by atoms with Gasteiger partial charge in [-0.3, -0.25) is 4.98 Å². The Labute approximate surface area is 69.5 Å². The van der Waals surface area contributed by atoms with Crippen molar-refractivity contribution in [1.29, 1.82) is 0 Å². The number of carbonyl (C=O) groups is 1. The van der Waals surface area contributed by atoms with Crippen LogP contribution < -0.4 is 5.59 Å². The number of thiazole rings is 1. The van der Waals surface area contributed by atoms with Gasteiger partial charge in [0.25, 0.3) is 0 Å². The Hall–Kier alpha value is -0.835. The smallest absolute Gasteiger partial charge is 0.346 e. The molecule has 0 aliphatic rings. The topological polar surface area (TPSA) is 50.2 Å². The van der Waals surface area contributed by atoms with Gasteiger partial charge in [-0.1, -0.05) is 6.92 Å². The first-order valence-corrected chi connectivity index (χ1v) is 4.16. The zero-order valence-electron chi connectivity index (χ0n) is 6.42. The number of hydrogen-bond acceptors (Lipinski definition) is 3. The number of hydrogen-bond donors (Lipinski definition) is 1. The Bertz CT molecular complexity index is 284. The highest BCUT2D eigenvalue weighted by Gasteiger charge is 2.11. The maximum Gasteiger partial charge on any atom is 0.346 e. The van der Waals surface area contributed by atoms with Crippen LogP contribution in [0.1, 0.15) is 21.6 Å². The third kappa shape index (κ3) is 1.60. The number of carboxylic acids is 1. The number of aromatic nitrogens is 1. The highest BCUT2D eigenvalue weighted by atomic mass is 32.1. The van der Waals surface area contributed by atoms with Crippen LogP contribution in [0.3, 0.4) is 0 Å². The molecule has 0 saturated heterocycles. The van der Waals surface area contributed by atoms with E-state index in [4.69, 9.17) is 5.11 Å². The van der Waals surface area contributed by atoms with E-state index in [0.29, 0.717) is 10.5 Å². The maximum absolute atomic E-state index is 10.5. The SMILES string of the molecule is Bc1nc(CC)sc1C(=O)O. The zero-order chi connectivity index (χ0) is 8.43. The van der Waals surface area contributed by atoms with E-state index in [9.17, 15) is 4.79 Å². The Morgan fingerprint density at radius 2 is 2.45 bits per heavy atom. The van der Waals surface area contributed by atoms with Crippen LogP contribution in [0.15, 0.2) is 0 Å². The third-order valence-corrected chi connectivity index (χ3v) is 2.63. The standard InChI is InChI=1S/C6H8BNO2S/c1-2-3-8-5(7)4(11-3)6(9)10/h2,7H2,1H3,(H,9,10). The predicted octanol–water partition coefficient (Wildman–Crippen LogP) is -0.338. The van der Waals surface area contributed by atoms with Gasteiger partial charge in [-0.05, 0) is 6.42 Å². The van der Waals surface area contributed by atoms with E-state index in [1.165, 1.54) is 11.3 Å². The molecule has 0 aliphatic heterocycles. The molecule has 0 unspecified atom stereocenters. The molecule has 0 aliphatic carbocycles. The van der Waals surface area contributed by atoms with E-state index in [1.807, 2.05) is 6.92 Å². The van der Waals surface area contributed by atoms with Gasteiger partial charge in [-0.25, -0.2) is 4.79 Å². The molecule has 0 spiro atoms. The van der Waals surface area contributed by atoms with Gasteiger partial charge in [-0.2, -0.15) is 0 Å². The number of aryl methyl sites for hydroxylation is 1. The normalized spacial score (nSPS) is 9.91. The van der Waals surface area contributed by atoms with E-state index in [0.717, 1.165) is 11.4 Å². The molecule has 3 nitrogen and oxygen atoms in total. The van der Waals surface area contributed by atoms with Crippen LogP contribution in [-0.2, 0) is 6.42 Å². The maximum atomic E-state index is 10.5. The van der Waals surface area contributed by atoms with Crippen LogP contribution >= 0.6 is 11.3 Å². The Morgan fingerprint density at radius 3 is 2.73 bits per heavy atom. The summed E-state index contributed by atoms with van der Waals surface area (Å²) < 4.78 is 0. The summed E-state index contributed by atoms with van der Waals surface area (Å²) in [7, 11) is 1.72. The lowest BCUT2D eigenvalue weighted by atomic mass is 10.0. The fraction of sp³-hybridized carbons (Fsp3) is 0.333. The molecule has 0 saturated carbocycles. The molecule has 0 bridgehead atoms. The van der Waals surface area contributed by atoms with Gasteiger partial charge in [0.1, 0.15) is 4.88 Å². The lowest BCUT2D eigenvalue weighted by Crippen LogP contribution is -2.13. The van der Waals surface area contributed by atoms with Crippen molar-refractivity contribution in [3.8, 4) is 0 Å². The van der Waals surface area contributed by atoms with E-state index in [1.54, 1.807) is 7.85 Å². The number of nitrogens with zero attached hydrogens (tertiary/aromatic N) is 1. The average Bonchev–Trinajstić information content (AvgIpc) is 2.30. The number of aromatic carboxylic acids is 1. The Kier molecular flexibility index (Phi) is 2.29. The summed E-state index contributed by atoms with van der Waals surface area (Å²) in [5.74, 6) is -0.875. The second-order valence-electron chi connectivity index (χ2n) is 2.18. The minimum atomic E-state index is -0.875. The largest absolute Gasteiger partial charge is 0.477 e. The van der Waals surface area contributed by atoms with Crippen LogP contribution in [0.4, 0.5) is 0 Å². The molecule has 1 heterocycles. The monoisotopic (exact) mass is 169 g/mol. The first-order valence-electron chi connectivity index (χ1n) is 3.34. The summed E-state index contributed by atoms with van der Waals surface area (Å²) in [5.41, 5.74) is 0.624. The van der Waals surface area contributed by atoms with E-state index < -0.39 is 5.97 Å².